The van der Waals surface area contributed by atoms with E-state index in [1.54, 1.807) is 18.2 Å². The van der Waals surface area contributed by atoms with Crippen LogP contribution in [0.15, 0.2) is 30.3 Å². The summed E-state index contributed by atoms with van der Waals surface area (Å²) in [5, 5.41) is 19.3. The van der Waals surface area contributed by atoms with Crippen molar-refractivity contribution in [1.82, 2.24) is 4.90 Å². The van der Waals surface area contributed by atoms with Gasteiger partial charge in [0.1, 0.15) is 29.5 Å². The number of carbonyl (C=O) groups excluding carboxylic acids is 2. The summed E-state index contributed by atoms with van der Waals surface area (Å²) >= 11 is 0. The van der Waals surface area contributed by atoms with Crippen molar-refractivity contribution in [2.75, 3.05) is 13.7 Å². The second-order valence-electron chi connectivity index (χ2n) is 10.0. The Morgan fingerprint density at radius 2 is 1.78 bits per heavy atom. The lowest BCUT2D eigenvalue weighted by Gasteiger charge is -2.37. The Balaban J connectivity index is 1.97. The number of hydrogen-bond acceptors (Lipinski definition) is 5. The van der Waals surface area contributed by atoms with Crippen molar-refractivity contribution in [3.05, 3.63) is 58.7 Å². The predicted octanol–water partition coefficient (Wildman–Crippen LogP) is 2.98. The Bertz CT molecular complexity index is 1160. The van der Waals surface area contributed by atoms with Gasteiger partial charge in [-0.2, -0.15) is 0 Å². The van der Waals surface area contributed by atoms with Gasteiger partial charge in [-0.3, -0.25) is 14.4 Å². The number of carboxylic acids is 1. The van der Waals surface area contributed by atoms with Crippen LogP contribution in [0, 0.1) is 11.6 Å². The smallest absolute Gasteiger partial charge is 0.303 e. The van der Waals surface area contributed by atoms with Gasteiger partial charge in [0.2, 0.25) is 0 Å². The summed E-state index contributed by atoms with van der Waals surface area (Å²) in [6, 6.07) is 6.31. The van der Waals surface area contributed by atoms with Gasteiger partial charge in [0, 0.05) is 24.6 Å². The Kier molecular flexibility index (Phi) is 8.30. The van der Waals surface area contributed by atoms with E-state index in [4.69, 9.17) is 9.84 Å². The quantitative estimate of drug-likeness (QED) is 0.494. The van der Waals surface area contributed by atoms with E-state index in [2.05, 4.69) is 0 Å². The maximum atomic E-state index is 14.8. The molecule has 2 atom stereocenters. The molecule has 0 saturated carbocycles. The lowest BCUT2D eigenvalue weighted by Crippen LogP contribution is -2.48. The first kappa shape index (κ1) is 27.5. The van der Waals surface area contributed by atoms with Crippen LogP contribution in [-0.2, 0) is 27.2 Å². The van der Waals surface area contributed by atoms with E-state index >= 15 is 0 Å². The first-order valence-electron chi connectivity index (χ1n) is 11.7. The molecular formula is C26H31F2NO6Si. The fraction of sp³-hybridized carbons (Fsp3) is 0.423. The van der Waals surface area contributed by atoms with Gasteiger partial charge in [-0.1, -0.05) is 25.7 Å². The van der Waals surface area contributed by atoms with Crippen molar-refractivity contribution in [1.29, 1.82) is 0 Å². The van der Waals surface area contributed by atoms with Crippen LogP contribution in [0.1, 0.15) is 35.6 Å². The molecule has 1 heterocycles. The molecule has 0 radical (unpaired) electrons. The first-order chi connectivity index (χ1) is 16.8. The van der Waals surface area contributed by atoms with Gasteiger partial charge in [-0.15, -0.1) is 0 Å². The topological polar surface area (TPSA) is 104 Å². The third-order valence-electron chi connectivity index (χ3n) is 6.31. The molecule has 194 valence electrons. The molecule has 10 heteroatoms. The van der Waals surface area contributed by atoms with Gasteiger partial charge in [0.15, 0.2) is 5.78 Å². The van der Waals surface area contributed by atoms with Crippen LogP contribution in [0.2, 0.25) is 19.6 Å². The highest BCUT2D eigenvalue weighted by molar-refractivity contribution is 6.88. The number of Topliss-reactive ketones (excluding diaryl/α,β-unsaturated/α-hetero) is 1. The molecule has 7 nitrogen and oxygen atoms in total. The summed E-state index contributed by atoms with van der Waals surface area (Å²) < 4.78 is 34.9. The number of aliphatic hydroxyl groups excluding tert-OH is 1. The number of halogens is 2. The van der Waals surface area contributed by atoms with E-state index in [0.717, 1.165) is 5.56 Å². The molecule has 0 unspecified atom stereocenters. The number of aliphatic carboxylic acids is 1. The second kappa shape index (κ2) is 10.9. The number of rotatable bonds is 9. The zero-order valence-corrected chi connectivity index (χ0v) is 21.8. The van der Waals surface area contributed by atoms with Crippen molar-refractivity contribution in [3.8, 4) is 5.75 Å². The molecule has 0 aliphatic carbocycles. The minimum absolute atomic E-state index is 0.0622. The molecule has 1 aliphatic heterocycles. The minimum atomic E-state index is -2.30. The molecule has 2 aromatic rings. The zero-order valence-electron chi connectivity index (χ0n) is 20.8. The number of ketones is 1. The molecule has 1 amide bonds. The van der Waals surface area contributed by atoms with Crippen molar-refractivity contribution in [2.24, 2.45) is 0 Å². The maximum Gasteiger partial charge on any atom is 0.303 e. The van der Waals surface area contributed by atoms with Crippen LogP contribution in [-0.4, -0.2) is 60.6 Å². The fourth-order valence-electron chi connectivity index (χ4n) is 4.63. The first-order valence-corrected chi connectivity index (χ1v) is 15.2. The number of methoxy groups -OCH3 is 1. The molecule has 2 N–H and O–H groups in total. The van der Waals surface area contributed by atoms with Gasteiger partial charge >= 0.3 is 5.97 Å². The number of carbonyl (C=O) groups is 3. The Morgan fingerprint density at radius 3 is 2.33 bits per heavy atom. The number of carboxylic acid groups (broad SMARTS) is 1. The molecule has 36 heavy (non-hydrogen) atoms. The largest absolute Gasteiger partial charge is 0.497 e. The summed E-state index contributed by atoms with van der Waals surface area (Å²) in [6.45, 7) is 5.58. The van der Waals surface area contributed by atoms with Gasteiger partial charge in [0.05, 0.1) is 15.2 Å². The normalized spacial score (nSPS) is 16.3. The van der Waals surface area contributed by atoms with E-state index in [0.29, 0.717) is 17.7 Å². The standard InChI is InChI=1S/C26H31F2NO6Si/c1-35-17-5-6-18-16(14-17)9-10-29(26(34)21(30)7-8-23(32)33)24(18)22(31)13-15-11-19(27)25(20(28)12-15)36(2,3)4/h5-6,11-12,14,21,24,30H,7-10,13H2,1-4H3,(H,32,33)/t21-,24+/m0/s1. The summed E-state index contributed by atoms with van der Waals surface area (Å²) in [4.78, 5) is 38.7. The molecule has 0 spiro atoms. The van der Waals surface area contributed by atoms with Gasteiger partial charge in [-0.25, -0.2) is 8.78 Å². The van der Waals surface area contributed by atoms with Gasteiger partial charge in [0.25, 0.3) is 5.91 Å². The number of amides is 1. The van der Waals surface area contributed by atoms with E-state index in [-0.39, 0.29) is 30.1 Å². The number of aliphatic hydroxyl groups is 1. The lowest BCUT2D eigenvalue weighted by atomic mass is 9.87. The highest BCUT2D eigenvalue weighted by Gasteiger charge is 2.38. The zero-order chi connectivity index (χ0) is 26.8. The number of ether oxygens (including phenoxy) is 1. The Hall–Kier alpha value is -3.11. The van der Waals surface area contributed by atoms with Gasteiger partial charge in [-0.05, 0) is 53.8 Å². The number of nitrogens with zero attached hydrogens (tertiary/aromatic N) is 1. The SMILES string of the molecule is COc1ccc2c(c1)CCN(C(=O)[C@@H](O)CCC(=O)O)[C@H]2C(=O)Cc1cc(F)c([Si](C)(C)C)c(F)c1. The number of benzene rings is 2. The van der Waals surface area contributed by atoms with Crippen LogP contribution >= 0.6 is 0 Å². The monoisotopic (exact) mass is 519 g/mol. The number of fused-ring (bicyclic) bond motifs is 1. The van der Waals surface area contributed by atoms with Crippen molar-refractivity contribution in [2.45, 2.75) is 57.5 Å². The summed E-state index contributed by atoms with van der Waals surface area (Å²) in [6.07, 6.45) is -2.24. The molecule has 2 aromatic carbocycles. The van der Waals surface area contributed by atoms with Crippen LogP contribution in [0.3, 0.4) is 0 Å². The third kappa shape index (κ3) is 5.99. The van der Waals surface area contributed by atoms with E-state index in [9.17, 15) is 28.3 Å². The minimum Gasteiger partial charge on any atom is -0.497 e. The molecule has 3 rings (SSSR count). The second-order valence-corrected chi connectivity index (χ2v) is 15.0. The molecule has 0 bridgehead atoms. The summed E-state index contributed by atoms with van der Waals surface area (Å²) in [5.74, 6) is -3.20. The highest BCUT2D eigenvalue weighted by Crippen LogP contribution is 2.34. The Labute approximate surface area is 209 Å². The van der Waals surface area contributed by atoms with Crippen molar-refractivity contribution in [3.63, 3.8) is 0 Å². The summed E-state index contributed by atoms with van der Waals surface area (Å²) in [5.41, 5.74) is 1.46. The van der Waals surface area contributed by atoms with E-state index in [1.807, 2.05) is 19.6 Å². The predicted molar refractivity (Wildman–Crippen MR) is 132 cm³/mol. The van der Waals surface area contributed by atoms with Gasteiger partial charge < -0.3 is 19.8 Å². The Morgan fingerprint density at radius 1 is 1.14 bits per heavy atom. The average Bonchev–Trinajstić information content (AvgIpc) is 2.79. The van der Waals surface area contributed by atoms with Crippen LogP contribution in [0.5, 0.6) is 5.75 Å². The fourth-order valence-corrected chi connectivity index (χ4v) is 6.21. The molecule has 0 saturated heterocycles. The third-order valence-corrected chi connectivity index (χ3v) is 8.29. The van der Waals surface area contributed by atoms with E-state index < -0.39 is 55.9 Å². The van der Waals surface area contributed by atoms with Crippen LogP contribution in [0.25, 0.3) is 0 Å². The maximum absolute atomic E-state index is 14.8. The molecule has 0 aromatic heterocycles. The lowest BCUT2D eigenvalue weighted by molar-refractivity contribution is -0.148. The average molecular weight is 520 g/mol. The van der Waals surface area contributed by atoms with Crippen LogP contribution in [0.4, 0.5) is 8.78 Å². The van der Waals surface area contributed by atoms with Crippen molar-refractivity contribution < 1.29 is 38.1 Å². The number of hydrogen-bond donors (Lipinski definition) is 2. The summed E-state index contributed by atoms with van der Waals surface area (Å²) in [7, 11) is -0.789. The molecule has 1 aliphatic rings. The highest BCUT2D eigenvalue weighted by atomic mass is 28.3. The molecular weight excluding hydrogens is 488 g/mol. The molecule has 0 fully saturated rings. The van der Waals surface area contributed by atoms with Crippen molar-refractivity contribution >= 4 is 30.9 Å². The van der Waals surface area contributed by atoms with Crippen LogP contribution < -0.4 is 9.92 Å². The van der Waals surface area contributed by atoms with E-state index in [1.165, 1.54) is 24.1 Å².